The second-order valence-corrected chi connectivity index (χ2v) is 7.92. The zero-order chi connectivity index (χ0) is 22.5. The van der Waals surface area contributed by atoms with E-state index in [1.54, 1.807) is 29.0 Å². The Morgan fingerprint density at radius 1 is 1.16 bits per heavy atom. The minimum Gasteiger partial charge on any atom is -0.368 e. The highest BCUT2D eigenvalue weighted by atomic mass is 19.4. The first-order valence-corrected chi connectivity index (χ1v) is 10.2. The minimum atomic E-state index is -4.41. The van der Waals surface area contributed by atoms with Crippen molar-refractivity contribution >= 4 is 23.3 Å². The van der Waals surface area contributed by atoms with Crippen LogP contribution < -0.4 is 15.5 Å². The Kier molecular flexibility index (Phi) is 4.75. The molecule has 4 heterocycles. The van der Waals surface area contributed by atoms with Gasteiger partial charge in [-0.05, 0) is 24.1 Å². The molecule has 5 rings (SSSR count). The highest BCUT2D eigenvalue weighted by molar-refractivity contribution is 6.00. The summed E-state index contributed by atoms with van der Waals surface area (Å²) in [5, 5.41) is 9.28. The van der Waals surface area contributed by atoms with E-state index >= 15 is 0 Å². The number of carbonyl (C=O) groups is 2. The third-order valence-corrected chi connectivity index (χ3v) is 5.97. The van der Waals surface area contributed by atoms with Crippen LogP contribution in [0.5, 0.6) is 0 Å². The van der Waals surface area contributed by atoms with Gasteiger partial charge < -0.3 is 10.2 Å². The quantitative estimate of drug-likeness (QED) is 0.648. The molecule has 3 amide bonds. The summed E-state index contributed by atoms with van der Waals surface area (Å²) in [6.07, 6.45) is -0.639. The maximum Gasteiger partial charge on any atom is 0.416 e. The van der Waals surface area contributed by atoms with Crippen LogP contribution in [0.2, 0.25) is 0 Å². The number of imidazole rings is 1. The largest absolute Gasteiger partial charge is 0.416 e. The molecule has 0 saturated carbocycles. The van der Waals surface area contributed by atoms with Crippen molar-refractivity contribution in [3.05, 3.63) is 59.5 Å². The number of carbonyl (C=O) groups excluding carboxylic acids is 2. The zero-order valence-electron chi connectivity index (χ0n) is 16.8. The normalized spacial score (nSPS) is 21.7. The van der Waals surface area contributed by atoms with E-state index in [9.17, 15) is 22.8 Å². The van der Waals surface area contributed by atoms with Crippen LogP contribution in [0.1, 0.15) is 35.1 Å². The molecule has 8 nitrogen and oxygen atoms in total. The van der Waals surface area contributed by atoms with Gasteiger partial charge in [0.25, 0.3) is 0 Å². The van der Waals surface area contributed by atoms with E-state index in [0.717, 1.165) is 6.07 Å². The van der Waals surface area contributed by atoms with E-state index < -0.39 is 29.6 Å². The number of urea groups is 1. The van der Waals surface area contributed by atoms with E-state index in [-0.39, 0.29) is 18.0 Å². The molecule has 2 aliphatic heterocycles. The standard InChI is InChI=1S/C21H19F3N6O2/c22-21(23,24)15-4-2-1-3-13(15)12-5-7-29(11-12)17-9-16(28-30-8-6-25-18(17)30)14-10-26-20(32)27-19(14)31/h1-4,6,8-9,12,14H,5,7,10-11H2,(H2,26,27,31,32). The lowest BCUT2D eigenvalue weighted by molar-refractivity contribution is -0.138. The maximum atomic E-state index is 13.5. The zero-order valence-corrected chi connectivity index (χ0v) is 16.8. The van der Waals surface area contributed by atoms with E-state index in [0.29, 0.717) is 36.5 Å². The second-order valence-electron chi connectivity index (χ2n) is 7.92. The van der Waals surface area contributed by atoms with Gasteiger partial charge in [0.1, 0.15) is 0 Å². The third kappa shape index (κ3) is 3.53. The smallest absolute Gasteiger partial charge is 0.368 e. The van der Waals surface area contributed by atoms with Crippen molar-refractivity contribution in [3.63, 3.8) is 0 Å². The molecule has 2 aliphatic rings. The molecule has 0 radical (unpaired) electrons. The SMILES string of the molecule is O=C1NCC(c2cc(N3CCC(c4ccccc4C(F)(F)F)C3)c3nccn3n2)C(=O)N1. The first-order chi connectivity index (χ1) is 15.3. The fraction of sp³-hybridized carbons (Fsp3) is 0.333. The Labute approximate surface area is 180 Å². The molecule has 2 fully saturated rings. The van der Waals surface area contributed by atoms with Crippen LogP contribution in [-0.4, -0.2) is 46.2 Å². The van der Waals surface area contributed by atoms with Crippen LogP contribution in [0.4, 0.5) is 23.7 Å². The number of rotatable bonds is 3. The third-order valence-electron chi connectivity index (χ3n) is 5.97. The molecule has 11 heteroatoms. The van der Waals surface area contributed by atoms with E-state index in [2.05, 4.69) is 20.7 Å². The highest BCUT2D eigenvalue weighted by Gasteiger charge is 2.37. The van der Waals surface area contributed by atoms with Crippen LogP contribution in [-0.2, 0) is 11.0 Å². The number of amides is 3. The minimum absolute atomic E-state index is 0.110. The van der Waals surface area contributed by atoms with E-state index in [1.807, 2.05) is 4.90 Å². The molecule has 1 aromatic carbocycles. The number of alkyl halides is 3. The van der Waals surface area contributed by atoms with Gasteiger partial charge in [-0.25, -0.2) is 14.3 Å². The number of hydrogen-bond acceptors (Lipinski definition) is 5. The highest BCUT2D eigenvalue weighted by Crippen LogP contribution is 2.40. The van der Waals surface area contributed by atoms with Crippen molar-refractivity contribution in [2.24, 2.45) is 0 Å². The molecule has 0 bridgehead atoms. The summed E-state index contributed by atoms with van der Waals surface area (Å²) >= 11 is 0. The lowest BCUT2D eigenvalue weighted by Crippen LogP contribution is -2.51. The molecule has 2 atom stereocenters. The summed E-state index contributed by atoms with van der Waals surface area (Å²) in [6.45, 7) is 1.03. The number of nitrogens with one attached hydrogen (secondary N) is 2. The molecule has 2 aromatic heterocycles. The molecule has 166 valence electrons. The van der Waals surface area contributed by atoms with Crippen molar-refractivity contribution in [1.82, 2.24) is 25.2 Å². The molecule has 2 saturated heterocycles. The van der Waals surface area contributed by atoms with Gasteiger partial charge in [-0.15, -0.1) is 0 Å². The molecule has 0 spiro atoms. The number of halogens is 3. The second kappa shape index (κ2) is 7.50. The fourth-order valence-corrected chi connectivity index (χ4v) is 4.44. The summed E-state index contributed by atoms with van der Waals surface area (Å²) in [4.78, 5) is 30.0. The Morgan fingerprint density at radius 2 is 1.97 bits per heavy atom. The number of anilines is 1. The molecule has 2 unspecified atom stereocenters. The van der Waals surface area contributed by atoms with Gasteiger partial charge in [0, 0.05) is 37.9 Å². The van der Waals surface area contributed by atoms with Crippen LogP contribution >= 0.6 is 0 Å². The van der Waals surface area contributed by atoms with Crippen molar-refractivity contribution < 1.29 is 22.8 Å². The molecular weight excluding hydrogens is 425 g/mol. The number of aromatic nitrogens is 3. The monoisotopic (exact) mass is 444 g/mol. The molecule has 2 N–H and O–H groups in total. The Hall–Kier alpha value is -3.63. The van der Waals surface area contributed by atoms with Gasteiger partial charge in [-0.3, -0.25) is 10.1 Å². The fourth-order valence-electron chi connectivity index (χ4n) is 4.44. The van der Waals surface area contributed by atoms with Gasteiger partial charge in [-0.2, -0.15) is 18.3 Å². The van der Waals surface area contributed by atoms with Crippen molar-refractivity contribution in [1.29, 1.82) is 0 Å². The first kappa shape index (κ1) is 20.3. The topological polar surface area (TPSA) is 91.6 Å². The number of imide groups is 1. The predicted molar refractivity (Wildman–Crippen MR) is 108 cm³/mol. The van der Waals surface area contributed by atoms with Crippen molar-refractivity contribution in [3.8, 4) is 0 Å². The Morgan fingerprint density at radius 3 is 2.75 bits per heavy atom. The van der Waals surface area contributed by atoms with Crippen molar-refractivity contribution in [2.45, 2.75) is 24.4 Å². The van der Waals surface area contributed by atoms with Crippen LogP contribution in [0.15, 0.2) is 42.7 Å². The average molecular weight is 444 g/mol. The van der Waals surface area contributed by atoms with Gasteiger partial charge >= 0.3 is 12.2 Å². The van der Waals surface area contributed by atoms with E-state index in [4.69, 9.17) is 0 Å². The lowest BCUT2D eigenvalue weighted by Gasteiger charge is -2.24. The summed E-state index contributed by atoms with van der Waals surface area (Å²) < 4.78 is 42.1. The number of hydrogen-bond donors (Lipinski definition) is 2. The van der Waals surface area contributed by atoms with Gasteiger partial charge in [0.15, 0.2) is 5.65 Å². The van der Waals surface area contributed by atoms with Gasteiger partial charge in [-0.1, -0.05) is 18.2 Å². The molecular formula is C21H19F3N6O2. The van der Waals surface area contributed by atoms with Gasteiger partial charge in [0.2, 0.25) is 5.91 Å². The summed E-state index contributed by atoms with van der Waals surface area (Å²) in [7, 11) is 0. The summed E-state index contributed by atoms with van der Waals surface area (Å²) in [5.74, 6) is -1.43. The summed E-state index contributed by atoms with van der Waals surface area (Å²) in [6, 6.07) is 6.86. The van der Waals surface area contributed by atoms with Crippen LogP contribution in [0.25, 0.3) is 5.65 Å². The Bertz CT molecular complexity index is 1210. The van der Waals surface area contributed by atoms with Crippen molar-refractivity contribution in [2.75, 3.05) is 24.5 Å². The van der Waals surface area contributed by atoms with E-state index in [1.165, 1.54) is 12.1 Å². The van der Waals surface area contributed by atoms with Crippen LogP contribution in [0, 0.1) is 0 Å². The lowest BCUT2D eigenvalue weighted by atomic mass is 9.93. The van der Waals surface area contributed by atoms with Gasteiger partial charge in [0.05, 0.1) is 22.9 Å². The number of benzene rings is 1. The summed E-state index contributed by atoms with van der Waals surface area (Å²) in [5.41, 5.74) is 1.37. The van der Waals surface area contributed by atoms with Crippen LogP contribution in [0.3, 0.4) is 0 Å². The predicted octanol–water partition coefficient (Wildman–Crippen LogP) is 2.67. The molecule has 32 heavy (non-hydrogen) atoms. The first-order valence-electron chi connectivity index (χ1n) is 10.2. The number of nitrogens with zero attached hydrogens (tertiary/aromatic N) is 4. The Balaban J connectivity index is 1.48. The number of fused-ring (bicyclic) bond motifs is 1. The molecule has 0 aliphatic carbocycles. The molecule has 3 aromatic rings. The maximum absolute atomic E-state index is 13.5. The average Bonchev–Trinajstić information content (AvgIpc) is 3.42.